The highest BCUT2D eigenvalue weighted by molar-refractivity contribution is 5.92. The van der Waals surface area contributed by atoms with Crippen LogP contribution in [-0.4, -0.2) is 34.0 Å². The number of aromatic nitrogens is 3. The van der Waals surface area contributed by atoms with Crippen molar-refractivity contribution in [3.63, 3.8) is 0 Å². The first-order chi connectivity index (χ1) is 15.2. The zero-order valence-corrected chi connectivity index (χ0v) is 17.0. The molecule has 2 aromatic heterocycles. The Morgan fingerprint density at radius 2 is 1.97 bits per heavy atom. The summed E-state index contributed by atoms with van der Waals surface area (Å²) in [6, 6.07) is 18.0. The Kier molecular flexibility index (Phi) is 5.36. The molecule has 0 saturated carbocycles. The standard InChI is InChI=1S/C24H23FN4O2/c25-18-10-8-16(9-11-18)22-21-13-17(14-26-19-5-4-12-31-15-19)24(30)27-23(21)29(28-22)20-6-2-1-3-7-20/h1-3,6-11,13,19,26H,4-5,12,14-15H2,(H,27,30)/t19-/m1/s1. The minimum absolute atomic E-state index is 0.153. The highest BCUT2D eigenvalue weighted by atomic mass is 19.1. The third kappa shape index (κ3) is 4.02. The molecule has 0 radical (unpaired) electrons. The van der Waals surface area contributed by atoms with Gasteiger partial charge < -0.3 is 15.0 Å². The van der Waals surface area contributed by atoms with E-state index in [1.807, 2.05) is 36.4 Å². The number of hydrogen-bond donors (Lipinski definition) is 2. The topological polar surface area (TPSA) is 71.9 Å². The predicted octanol–water partition coefficient (Wildman–Crippen LogP) is 3.79. The maximum absolute atomic E-state index is 13.5. The minimum Gasteiger partial charge on any atom is -0.380 e. The molecule has 0 spiro atoms. The number of pyridine rings is 1. The number of rotatable bonds is 5. The van der Waals surface area contributed by atoms with Gasteiger partial charge in [0.25, 0.3) is 5.56 Å². The van der Waals surface area contributed by atoms with Crippen LogP contribution in [0, 0.1) is 5.82 Å². The van der Waals surface area contributed by atoms with Gasteiger partial charge in [0, 0.05) is 35.7 Å². The van der Waals surface area contributed by atoms with Crippen molar-refractivity contribution in [1.82, 2.24) is 20.1 Å². The molecule has 6 nitrogen and oxygen atoms in total. The third-order valence-corrected chi connectivity index (χ3v) is 5.62. The average Bonchev–Trinajstić information content (AvgIpc) is 3.17. The van der Waals surface area contributed by atoms with Gasteiger partial charge in [-0.25, -0.2) is 9.07 Å². The van der Waals surface area contributed by atoms with Crippen LogP contribution in [0.1, 0.15) is 18.4 Å². The molecule has 1 atom stereocenters. The first-order valence-electron chi connectivity index (χ1n) is 10.5. The van der Waals surface area contributed by atoms with Crippen molar-refractivity contribution < 1.29 is 9.13 Å². The summed E-state index contributed by atoms with van der Waals surface area (Å²) in [6.45, 7) is 1.90. The molecule has 2 N–H and O–H groups in total. The van der Waals surface area contributed by atoms with Gasteiger partial charge in [0.05, 0.1) is 12.3 Å². The highest BCUT2D eigenvalue weighted by Gasteiger charge is 2.18. The monoisotopic (exact) mass is 418 g/mol. The fraction of sp³-hybridized carbons (Fsp3) is 0.250. The molecular weight excluding hydrogens is 395 g/mol. The summed E-state index contributed by atoms with van der Waals surface area (Å²) in [4.78, 5) is 15.9. The quantitative estimate of drug-likeness (QED) is 0.517. The van der Waals surface area contributed by atoms with E-state index < -0.39 is 0 Å². The molecular formula is C24H23FN4O2. The lowest BCUT2D eigenvalue weighted by Gasteiger charge is -2.23. The van der Waals surface area contributed by atoms with E-state index in [1.165, 1.54) is 12.1 Å². The summed E-state index contributed by atoms with van der Waals surface area (Å²) in [5.41, 5.74) is 3.40. The van der Waals surface area contributed by atoms with Crippen molar-refractivity contribution in [3.8, 4) is 16.9 Å². The number of nitrogens with zero attached hydrogens (tertiary/aromatic N) is 2. The molecule has 31 heavy (non-hydrogen) atoms. The van der Waals surface area contributed by atoms with Gasteiger partial charge in [-0.2, -0.15) is 5.10 Å². The zero-order valence-electron chi connectivity index (χ0n) is 17.0. The Labute approximate surface area is 178 Å². The molecule has 1 aliphatic rings. The van der Waals surface area contributed by atoms with Gasteiger partial charge in [-0.15, -0.1) is 0 Å². The molecule has 7 heteroatoms. The smallest absolute Gasteiger partial charge is 0.254 e. The molecule has 2 aromatic carbocycles. The molecule has 1 saturated heterocycles. The van der Waals surface area contributed by atoms with Crippen LogP contribution >= 0.6 is 0 Å². The number of nitrogens with one attached hydrogen (secondary N) is 2. The number of para-hydroxylation sites is 1. The van der Waals surface area contributed by atoms with E-state index in [1.54, 1.807) is 16.8 Å². The Balaban J connectivity index is 1.60. The average molecular weight is 418 g/mol. The third-order valence-electron chi connectivity index (χ3n) is 5.62. The van der Waals surface area contributed by atoms with Crippen LogP contribution in [0.15, 0.2) is 65.5 Å². The van der Waals surface area contributed by atoms with Gasteiger partial charge in [0.1, 0.15) is 17.2 Å². The predicted molar refractivity (Wildman–Crippen MR) is 118 cm³/mol. The lowest BCUT2D eigenvalue weighted by molar-refractivity contribution is 0.0699. The van der Waals surface area contributed by atoms with E-state index in [2.05, 4.69) is 10.3 Å². The highest BCUT2D eigenvalue weighted by Crippen LogP contribution is 2.29. The van der Waals surface area contributed by atoms with E-state index in [-0.39, 0.29) is 17.4 Å². The normalized spacial score (nSPS) is 16.6. The lowest BCUT2D eigenvalue weighted by Crippen LogP contribution is -2.37. The second-order valence-electron chi connectivity index (χ2n) is 7.78. The van der Waals surface area contributed by atoms with Gasteiger partial charge in [-0.1, -0.05) is 18.2 Å². The number of ether oxygens (including phenoxy) is 1. The summed E-state index contributed by atoms with van der Waals surface area (Å²) < 4.78 is 20.7. The largest absolute Gasteiger partial charge is 0.380 e. The van der Waals surface area contributed by atoms with Crippen LogP contribution in [-0.2, 0) is 11.3 Å². The van der Waals surface area contributed by atoms with Gasteiger partial charge >= 0.3 is 0 Å². The number of hydrogen-bond acceptors (Lipinski definition) is 4. The first-order valence-corrected chi connectivity index (χ1v) is 10.5. The Hall–Kier alpha value is -3.29. The number of benzene rings is 2. The first kappa shape index (κ1) is 19.7. The number of fused-ring (bicyclic) bond motifs is 1. The van der Waals surface area contributed by atoms with Crippen molar-refractivity contribution in [1.29, 1.82) is 0 Å². The number of halogens is 1. The van der Waals surface area contributed by atoms with E-state index in [9.17, 15) is 9.18 Å². The van der Waals surface area contributed by atoms with Crippen LogP contribution in [0.5, 0.6) is 0 Å². The fourth-order valence-corrected chi connectivity index (χ4v) is 3.98. The molecule has 3 heterocycles. The molecule has 1 aliphatic heterocycles. The summed E-state index contributed by atoms with van der Waals surface area (Å²) in [5, 5.41) is 9.01. The van der Waals surface area contributed by atoms with Gasteiger partial charge in [-0.05, 0) is 55.3 Å². The molecule has 1 fully saturated rings. The molecule has 0 aliphatic carbocycles. The van der Waals surface area contributed by atoms with Crippen LogP contribution in [0.3, 0.4) is 0 Å². The maximum Gasteiger partial charge on any atom is 0.254 e. The number of aromatic amines is 1. The number of H-pyrrole nitrogens is 1. The molecule has 0 amide bonds. The van der Waals surface area contributed by atoms with Crippen LogP contribution in [0.4, 0.5) is 4.39 Å². The maximum atomic E-state index is 13.5. The van der Waals surface area contributed by atoms with E-state index in [0.717, 1.165) is 36.1 Å². The van der Waals surface area contributed by atoms with E-state index >= 15 is 0 Å². The van der Waals surface area contributed by atoms with Gasteiger partial charge in [0.15, 0.2) is 0 Å². The van der Waals surface area contributed by atoms with E-state index in [0.29, 0.717) is 30.1 Å². The van der Waals surface area contributed by atoms with Gasteiger partial charge in [0.2, 0.25) is 0 Å². The SMILES string of the molecule is O=c1[nH]c2c(cc1CN[C@@H]1CCCOC1)c(-c1ccc(F)cc1)nn2-c1ccccc1. The van der Waals surface area contributed by atoms with Crippen LogP contribution < -0.4 is 10.9 Å². The van der Waals surface area contributed by atoms with Crippen LogP contribution in [0.25, 0.3) is 28.0 Å². The van der Waals surface area contributed by atoms with Crippen LogP contribution in [0.2, 0.25) is 0 Å². The molecule has 0 unspecified atom stereocenters. The van der Waals surface area contributed by atoms with E-state index in [4.69, 9.17) is 9.84 Å². The van der Waals surface area contributed by atoms with Crippen molar-refractivity contribution in [2.45, 2.75) is 25.4 Å². The zero-order chi connectivity index (χ0) is 21.2. The molecule has 4 aromatic rings. The Bertz CT molecular complexity index is 1240. The van der Waals surface area contributed by atoms with Crippen molar-refractivity contribution in [3.05, 3.63) is 82.4 Å². The lowest BCUT2D eigenvalue weighted by atomic mass is 10.1. The second-order valence-corrected chi connectivity index (χ2v) is 7.78. The second kappa shape index (κ2) is 8.45. The van der Waals surface area contributed by atoms with Crippen molar-refractivity contribution in [2.75, 3.05) is 13.2 Å². The summed E-state index contributed by atoms with van der Waals surface area (Å²) in [7, 11) is 0. The summed E-state index contributed by atoms with van der Waals surface area (Å²) in [6.07, 6.45) is 2.05. The fourth-order valence-electron chi connectivity index (χ4n) is 3.98. The van der Waals surface area contributed by atoms with Gasteiger partial charge in [-0.3, -0.25) is 4.79 Å². The molecule has 158 valence electrons. The summed E-state index contributed by atoms with van der Waals surface area (Å²) in [5.74, 6) is -0.302. The Morgan fingerprint density at radius 1 is 1.16 bits per heavy atom. The minimum atomic E-state index is -0.302. The summed E-state index contributed by atoms with van der Waals surface area (Å²) >= 11 is 0. The molecule has 5 rings (SSSR count). The van der Waals surface area contributed by atoms with Crippen molar-refractivity contribution in [2.24, 2.45) is 0 Å². The molecule has 0 bridgehead atoms. The van der Waals surface area contributed by atoms with Crippen molar-refractivity contribution >= 4 is 11.0 Å². The Morgan fingerprint density at radius 3 is 2.71 bits per heavy atom.